The van der Waals surface area contributed by atoms with E-state index in [2.05, 4.69) is 5.32 Å². The Morgan fingerprint density at radius 2 is 1.62 bits per heavy atom. The van der Waals surface area contributed by atoms with E-state index in [4.69, 9.17) is 11.6 Å². The van der Waals surface area contributed by atoms with E-state index in [0.29, 0.717) is 21.0 Å². The third-order valence-electron chi connectivity index (χ3n) is 6.06. The van der Waals surface area contributed by atoms with Crippen LogP contribution in [-0.4, -0.2) is 50.5 Å². The highest BCUT2D eigenvalue weighted by Crippen LogP contribution is 2.32. The number of amides is 2. The molecule has 0 spiro atoms. The van der Waals surface area contributed by atoms with Gasteiger partial charge in [0.15, 0.2) is 0 Å². The third-order valence-corrected chi connectivity index (χ3v) is 7.57. The molecule has 12 heteroatoms. The van der Waals surface area contributed by atoms with Crippen molar-refractivity contribution in [2.45, 2.75) is 32.1 Å². The molecular formula is C28H29ClF3N3O4S. The first-order chi connectivity index (χ1) is 18.8. The van der Waals surface area contributed by atoms with Crippen LogP contribution in [0.25, 0.3) is 0 Å². The van der Waals surface area contributed by atoms with Gasteiger partial charge in [-0.25, -0.2) is 8.42 Å². The zero-order valence-corrected chi connectivity index (χ0v) is 23.4. The highest BCUT2D eigenvalue weighted by atomic mass is 35.5. The minimum Gasteiger partial charge on any atom is -0.355 e. The summed E-state index contributed by atoms with van der Waals surface area (Å²) in [5, 5.41) is 3.04. The molecule has 40 heavy (non-hydrogen) atoms. The molecule has 1 N–H and O–H groups in total. The molecule has 3 aromatic rings. The van der Waals surface area contributed by atoms with E-state index in [0.717, 1.165) is 24.0 Å². The lowest BCUT2D eigenvalue weighted by atomic mass is 10.0. The van der Waals surface area contributed by atoms with Crippen LogP contribution < -0.4 is 9.62 Å². The second kappa shape index (κ2) is 13.2. The van der Waals surface area contributed by atoms with Crippen molar-refractivity contribution in [3.63, 3.8) is 0 Å². The number of hydrogen-bond donors (Lipinski definition) is 1. The van der Waals surface area contributed by atoms with Crippen LogP contribution >= 0.6 is 11.6 Å². The van der Waals surface area contributed by atoms with E-state index < -0.39 is 46.2 Å². The molecule has 0 fully saturated rings. The van der Waals surface area contributed by atoms with Gasteiger partial charge in [0, 0.05) is 24.5 Å². The van der Waals surface area contributed by atoms with Crippen molar-refractivity contribution in [1.82, 2.24) is 10.2 Å². The fourth-order valence-corrected chi connectivity index (χ4v) is 5.14. The Morgan fingerprint density at radius 3 is 2.23 bits per heavy atom. The predicted octanol–water partition coefficient (Wildman–Crippen LogP) is 4.90. The van der Waals surface area contributed by atoms with Gasteiger partial charge >= 0.3 is 6.18 Å². The van der Waals surface area contributed by atoms with Crippen molar-refractivity contribution in [2.24, 2.45) is 0 Å². The number of carbonyl (C=O) groups is 2. The first kappa shape index (κ1) is 31.0. The lowest BCUT2D eigenvalue weighted by Gasteiger charge is -2.33. The smallest absolute Gasteiger partial charge is 0.355 e. The molecule has 0 saturated carbocycles. The topological polar surface area (TPSA) is 86.8 Å². The number of benzene rings is 3. The average molecular weight is 596 g/mol. The van der Waals surface area contributed by atoms with Gasteiger partial charge in [0.05, 0.1) is 17.5 Å². The van der Waals surface area contributed by atoms with E-state index in [1.807, 2.05) is 0 Å². The Kier molecular flexibility index (Phi) is 10.2. The van der Waals surface area contributed by atoms with E-state index in [9.17, 15) is 31.2 Å². The number of anilines is 1. The number of sulfonamides is 1. The first-order valence-corrected chi connectivity index (χ1v) is 14.5. The monoisotopic (exact) mass is 595 g/mol. The molecule has 3 aromatic carbocycles. The fraction of sp³-hybridized carbons (Fsp3) is 0.286. The zero-order chi connectivity index (χ0) is 29.5. The van der Waals surface area contributed by atoms with Gasteiger partial charge in [-0.2, -0.15) is 13.2 Å². The van der Waals surface area contributed by atoms with Crippen LogP contribution in [0.5, 0.6) is 0 Å². The largest absolute Gasteiger partial charge is 0.416 e. The summed E-state index contributed by atoms with van der Waals surface area (Å²) in [6.45, 7) is 1.01. The lowest BCUT2D eigenvalue weighted by molar-refractivity contribution is -0.140. The van der Waals surface area contributed by atoms with Crippen molar-refractivity contribution in [3.05, 3.63) is 101 Å². The maximum Gasteiger partial charge on any atom is 0.416 e. The van der Waals surface area contributed by atoms with Gasteiger partial charge in [-0.1, -0.05) is 66.2 Å². The lowest BCUT2D eigenvalue weighted by Crippen LogP contribution is -2.53. The van der Waals surface area contributed by atoms with Gasteiger partial charge in [-0.3, -0.25) is 13.9 Å². The highest BCUT2D eigenvalue weighted by molar-refractivity contribution is 7.92. The maximum atomic E-state index is 13.9. The summed E-state index contributed by atoms with van der Waals surface area (Å²) in [6, 6.07) is 18.3. The van der Waals surface area contributed by atoms with Crippen molar-refractivity contribution in [3.8, 4) is 0 Å². The van der Waals surface area contributed by atoms with Crippen LogP contribution in [0.2, 0.25) is 5.02 Å². The van der Waals surface area contributed by atoms with Crippen LogP contribution in [0.1, 0.15) is 23.6 Å². The second-order valence-electron chi connectivity index (χ2n) is 9.03. The number of hydrogen-bond acceptors (Lipinski definition) is 4. The molecule has 0 bridgehead atoms. The van der Waals surface area contributed by atoms with Crippen LogP contribution in [0, 0.1) is 0 Å². The molecule has 0 radical (unpaired) electrons. The van der Waals surface area contributed by atoms with Crippen molar-refractivity contribution in [1.29, 1.82) is 0 Å². The predicted molar refractivity (Wildman–Crippen MR) is 148 cm³/mol. The number of likely N-dealkylation sites (N-methyl/N-ethyl adjacent to an activating group) is 1. The van der Waals surface area contributed by atoms with Crippen LogP contribution in [-0.2, 0) is 38.8 Å². The van der Waals surface area contributed by atoms with Gasteiger partial charge in [0.2, 0.25) is 21.8 Å². The van der Waals surface area contributed by atoms with E-state index >= 15 is 0 Å². The summed E-state index contributed by atoms with van der Waals surface area (Å²) in [5.74, 6) is -1.27. The van der Waals surface area contributed by atoms with Gasteiger partial charge < -0.3 is 10.2 Å². The Balaban J connectivity index is 2.07. The van der Waals surface area contributed by atoms with Gasteiger partial charge in [-0.05, 0) is 42.3 Å². The highest BCUT2D eigenvalue weighted by Gasteiger charge is 2.35. The van der Waals surface area contributed by atoms with Gasteiger partial charge in [-0.15, -0.1) is 0 Å². The fourth-order valence-electron chi connectivity index (χ4n) is 4.11. The van der Waals surface area contributed by atoms with Crippen LogP contribution in [0.3, 0.4) is 0 Å². The van der Waals surface area contributed by atoms with Gasteiger partial charge in [0.1, 0.15) is 12.6 Å². The minimum absolute atomic E-state index is 0.102. The molecule has 0 aliphatic rings. The average Bonchev–Trinajstić information content (AvgIpc) is 2.89. The van der Waals surface area contributed by atoms with Crippen molar-refractivity contribution >= 4 is 39.1 Å². The summed E-state index contributed by atoms with van der Waals surface area (Å²) in [7, 11) is -4.21. The molecular weight excluding hydrogens is 567 g/mol. The standard InChI is InChI=1S/C28H29ClF3N3O4S/c1-3-33-27(37)25(16-20-10-5-4-6-11-20)34(18-21-12-7-8-15-24(21)29)26(36)19-35(40(2,38)39)23-14-9-13-22(17-23)28(30,31)32/h4-15,17,25H,3,16,18-19H2,1-2H3,(H,33,37)/t25-/m0/s1. The summed E-state index contributed by atoms with van der Waals surface area (Å²) in [5.41, 5.74) is -0.150. The second-order valence-corrected chi connectivity index (χ2v) is 11.3. The Labute approximate surface area is 236 Å². The molecule has 2 amide bonds. The molecule has 214 valence electrons. The number of nitrogens with zero attached hydrogens (tertiary/aromatic N) is 2. The van der Waals surface area contributed by atoms with Gasteiger partial charge in [0.25, 0.3) is 0 Å². The number of alkyl halides is 3. The summed E-state index contributed by atoms with van der Waals surface area (Å²) < 4.78 is 66.2. The molecule has 3 rings (SSSR count). The van der Waals surface area contributed by atoms with Crippen molar-refractivity contribution < 1.29 is 31.2 Å². The Bertz CT molecular complexity index is 1440. The van der Waals surface area contributed by atoms with Crippen LogP contribution in [0.15, 0.2) is 78.9 Å². The summed E-state index contributed by atoms with van der Waals surface area (Å²) in [4.78, 5) is 28.4. The maximum absolute atomic E-state index is 13.9. The molecule has 7 nitrogen and oxygen atoms in total. The number of rotatable bonds is 11. The van der Waals surface area contributed by atoms with E-state index in [-0.39, 0.29) is 25.2 Å². The van der Waals surface area contributed by atoms with E-state index in [1.165, 1.54) is 11.0 Å². The van der Waals surface area contributed by atoms with E-state index in [1.54, 1.807) is 61.5 Å². The summed E-state index contributed by atoms with van der Waals surface area (Å²) >= 11 is 6.36. The molecule has 0 aliphatic heterocycles. The molecule has 0 unspecified atom stereocenters. The quantitative estimate of drug-likeness (QED) is 0.342. The van der Waals surface area contributed by atoms with Crippen molar-refractivity contribution in [2.75, 3.05) is 23.7 Å². The number of carbonyl (C=O) groups excluding carboxylic acids is 2. The Hall–Kier alpha value is -3.57. The normalized spacial score (nSPS) is 12.4. The molecule has 0 saturated heterocycles. The number of nitrogens with one attached hydrogen (secondary N) is 1. The molecule has 0 aliphatic carbocycles. The number of halogens is 4. The minimum atomic E-state index is -4.72. The summed E-state index contributed by atoms with van der Waals surface area (Å²) in [6.07, 6.45) is -3.83. The molecule has 1 atom stereocenters. The van der Waals surface area contributed by atoms with Crippen LogP contribution in [0.4, 0.5) is 18.9 Å². The Morgan fingerprint density at radius 1 is 0.975 bits per heavy atom. The SMILES string of the molecule is CCNC(=O)[C@H](Cc1ccccc1)N(Cc1ccccc1Cl)C(=O)CN(c1cccc(C(F)(F)F)c1)S(C)(=O)=O. The third kappa shape index (κ3) is 8.22. The zero-order valence-electron chi connectivity index (χ0n) is 21.9. The molecule has 0 heterocycles. The molecule has 0 aromatic heterocycles. The first-order valence-electron chi connectivity index (χ1n) is 12.3.